The lowest BCUT2D eigenvalue weighted by Gasteiger charge is -2.38. The largest absolute Gasteiger partial charge is 0.377 e. The third-order valence-electron chi connectivity index (χ3n) is 4.09. The Morgan fingerprint density at radius 3 is 2.35 bits per heavy atom. The Balaban J connectivity index is 2.15. The van der Waals surface area contributed by atoms with Gasteiger partial charge in [0.1, 0.15) is 0 Å². The van der Waals surface area contributed by atoms with Crippen molar-refractivity contribution < 1.29 is 21.6 Å². The van der Waals surface area contributed by atoms with Gasteiger partial charge in [0.15, 0.2) is 0 Å². The molecule has 1 heterocycles. The number of benzene rings is 1. The summed E-state index contributed by atoms with van der Waals surface area (Å²) in [5.41, 5.74) is 0.588. The Labute approximate surface area is 138 Å². The van der Waals surface area contributed by atoms with Crippen molar-refractivity contribution in [3.8, 4) is 0 Å². The van der Waals surface area contributed by atoms with Crippen molar-refractivity contribution in [3.63, 3.8) is 0 Å². The first-order valence-corrected chi connectivity index (χ1v) is 10.6. The first-order valence-electron chi connectivity index (χ1n) is 7.46. The highest BCUT2D eigenvalue weighted by molar-refractivity contribution is 8.04. The van der Waals surface area contributed by atoms with E-state index in [2.05, 4.69) is 0 Å². The Bertz CT molecular complexity index is 752. The van der Waals surface area contributed by atoms with Gasteiger partial charge in [0, 0.05) is 6.61 Å². The van der Waals surface area contributed by atoms with Gasteiger partial charge >= 0.3 is 0 Å². The summed E-state index contributed by atoms with van der Waals surface area (Å²) in [6.45, 7) is 6.18. The third-order valence-corrected chi connectivity index (χ3v) is 7.62. The molecule has 0 saturated carbocycles. The zero-order chi connectivity index (χ0) is 17.3. The monoisotopic (exact) mass is 361 g/mol. The average Bonchev–Trinajstić information content (AvgIpc) is 2.40. The second-order valence-electron chi connectivity index (χ2n) is 6.63. The number of hydrogen-bond acceptors (Lipinski definition) is 5. The molecule has 2 rings (SSSR count). The highest BCUT2D eigenvalue weighted by Crippen LogP contribution is 2.33. The zero-order valence-electron chi connectivity index (χ0n) is 13.6. The molecule has 0 aliphatic carbocycles. The van der Waals surface area contributed by atoms with E-state index in [-0.39, 0.29) is 16.1 Å². The van der Waals surface area contributed by atoms with Crippen LogP contribution in [0.4, 0.5) is 0 Å². The molecule has 1 fully saturated rings. The molecule has 0 radical (unpaired) electrons. The lowest BCUT2D eigenvalue weighted by Crippen LogP contribution is -2.45. The first kappa shape index (κ1) is 18.4. The number of ether oxygens (including phenoxy) is 1. The molecule has 0 bridgehead atoms. The molecule has 1 aliphatic heterocycles. The van der Waals surface area contributed by atoms with Gasteiger partial charge in [0.2, 0.25) is 10.0 Å². The number of rotatable bonds is 5. The molecule has 6 nitrogen and oxygen atoms in total. The van der Waals surface area contributed by atoms with Crippen LogP contribution in [0.5, 0.6) is 0 Å². The number of aryl methyl sites for hydroxylation is 1. The van der Waals surface area contributed by atoms with E-state index in [0.29, 0.717) is 6.61 Å². The van der Waals surface area contributed by atoms with Crippen molar-refractivity contribution in [2.75, 3.05) is 12.4 Å². The average molecular weight is 361 g/mol. The Kier molecular flexibility index (Phi) is 5.20. The van der Waals surface area contributed by atoms with Gasteiger partial charge in [-0.25, -0.2) is 16.8 Å². The minimum absolute atomic E-state index is 0.0736. The number of hydrogen-bond donors (Lipinski definition) is 1. The summed E-state index contributed by atoms with van der Waals surface area (Å²) < 4.78 is 56.4. The molecule has 1 aromatic carbocycles. The van der Waals surface area contributed by atoms with Crippen molar-refractivity contribution in [3.05, 3.63) is 29.8 Å². The number of sulfonamides is 2. The van der Waals surface area contributed by atoms with E-state index in [1.54, 1.807) is 12.1 Å². The van der Waals surface area contributed by atoms with Gasteiger partial charge in [-0.05, 0) is 37.3 Å². The van der Waals surface area contributed by atoms with Gasteiger partial charge < -0.3 is 4.74 Å². The quantitative estimate of drug-likeness (QED) is 0.864. The maximum Gasteiger partial charge on any atom is 0.253 e. The SMILES string of the molecule is Cc1ccc(S(=O)(=O)NS(=O)(=O)CC2OCCCC2(C)C)cc1. The second kappa shape index (κ2) is 6.51. The Morgan fingerprint density at radius 2 is 1.78 bits per heavy atom. The molecule has 130 valence electrons. The third kappa shape index (κ3) is 4.76. The number of nitrogens with one attached hydrogen (secondary N) is 1. The molecule has 0 aromatic heterocycles. The highest BCUT2D eigenvalue weighted by Gasteiger charge is 2.37. The molecule has 1 atom stereocenters. The van der Waals surface area contributed by atoms with Crippen molar-refractivity contribution in [1.82, 2.24) is 4.13 Å². The lowest BCUT2D eigenvalue weighted by molar-refractivity contribution is -0.0536. The minimum Gasteiger partial charge on any atom is -0.377 e. The van der Waals surface area contributed by atoms with Gasteiger partial charge in [0.05, 0.1) is 16.8 Å². The summed E-state index contributed by atoms with van der Waals surface area (Å²) in [7, 11) is -8.15. The molecule has 1 aliphatic rings. The normalized spacial score (nSPS) is 22.0. The van der Waals surface area contributed by atoms with E-state index >= 15 is 0 Å². The summed E-state index contributed by atoms with van der Waals surface area (Å²) >= 11 is 0. The van der Waals surface area contributed by atoms with Gasteiger partial charge in [-0.15, -0.1) is 4.13 Å². The van der Waals surface area contributed by atoms with Crippen molar-refractivity contribution in [2.45, 2.75) is 44.6 Å². The Morgan fingerprint density at radius 1 is 1.17 bits per heavy atom. The predicted molar refractivity (Wildman–Crippen MR) is 88.0 cm³/mol. The molecule has 0 amide bonds. The fourth-order valence-corrected chi connectivity index (χ4v) is 6.01. The zero-order valence-corrected chi connectivity index (χ0v) is 15.2. The smallest absolute Gasteiger partial charge is 0.253 e. The van der Waals surface area contributed by atoms with Crippen LogP contribution in [-0.2, 0) is 24.8 Å². The van der Waals surface area contributed by atoms with Crippen LogP contribution in [0, 0.1) is 12.3 Å². The van der Waals surface area contributed by atoms with E-state index in [9.17, 15) is 16.8 Å². The molecule has 0 spiro atoms. The second-order valence-corrected chi connectivity index (χ2v) is 10.3. The van der Waals surface area contributed by atoms with Crippen LogP contribution in [-0.4, -0.2) is 35.3 Å². The Hall–Kier alpha value is -0.960. The summed E-state index contributed by atoms with van der Waals surface area (Å²) in [4.78, 5) is -0.0736. The van der Waals surface area contributed by atoms with Gasteiger partial charge in [-0.3, -0.25) is 0 Å². The van der Waals surface area contributed by atoms with Gasteiger partial charge in [0.25, 0.3) is 10.0 Å². The molecule has 23 heavy (non-hydrogen) atoms. The van der Waals surface area contributed by atoms with E-state index in [1.165, 1.54) is 12.1 Å². The van der Waals surface area contributed by atoms with E-state index in [0.717, 1.165) is 18.4 Å². The summed E-state index contributed by atoms with van der Waals surface area (Å²) in [6, 6.07) is 6.01. The van der Waals surface area contributed by atoms with Crippen LogP contribution < -0.4 is 4.13 Å². The van der Waals surface area contributed by atoms with Crippen LogP contribution in [0.2, 0.25) is 0 Å². The standard InChI is InChI=1S/C15H23NO5S2/c1-12-5-7-13(8-6-12)23(19,20)16-22(17,18)11-14-15(2,3)9-4-10-21-14/h5-8,14,16H,4,9-11H2,1-3H3. The van der Waals surface area contributed by atoms with Crippen LogP contribution >= 0.6 is 0 Å². The van der Waals surface area contributed by atoms with E-state index < -0.39 is 26.2 Å². The van der Waals surface area contributed by atoms with Crippen LogP contribution in [0.25, 0.3) is 0 Å². The summed E-state index contributed by atoms with van der Waals surface area (Å²) in [6.07, 6.45) is 1.19. The van der Waals surface area contributed by atoms with Crippen LogP contribution in [0.1, 0.15) is 32.3 Å². The fourth-order valence-electron chi connectivity index (χ4n) is 2.58. The van der Waals surface area contributed by atoms with E-state index in [4.69, 9.17) is 4.74 Å². The maximum absolute atomic E-state index is 12.3. The molecular weight excluding hydrogens is 338 g/mol. The lowest BCUT2D eigenvalue weighted by atomic mass is 9.81. The van der Waals surface area contributed by atoms with Crippen molar-refractivity contribution in [1.29, 1.82) is 0 Å². The first-order chi connectivity index (χ1) is 10.5. The summed E-state index contributed by atoms with van der Waals surface area (Å²) in [5.74, 6) is -0.370. The molecule has 8 heteroatoms. The summed E-state index contributed by atoms with van der Waals surface area (Å²) in [5, 5.41) is 0. The molecule has 1 aromatic rings. The van der Waals surface area contributed by atoms with Crippen LogP contribution in [0.15, 0.2) is 29.2 Å². The van der Waals surface area contributed by atoms with Gasteiger partial charge in [-0.2, -0.15) is 0 Å². The van der Waals surface area contributed by atoms with Crippen molar-refractivity contribution in [2.24, 2.45) is 5.41 Å². The molecule has 1 unspecified atom stereocenters. The molecule has 1 saturated heterocycles. The maximum atomic E-state index is 12.3. The van der Waals surface area contributed by atoms with Crippen molar-refractivity contribution >= 4 is 20.0 Å². The van der Waals surface area contributed by atoms with Crippen LogP contribution in [0.3, 0.4) is 0 Å². The fraction of sp³-hybridized carbons (Fsp3) is 0.600. The topological polar surface area (TPSA) is 89.5 Å². The molecular formula is C15H23NO5S2. The van der Waals surface area contributed by atoms with E-state index in [1.807, 2.05) is 24.9 Å². The van der Waals surface area contributed by atoms with Gasteiger partial charge in [-0.1, -0.05) is 31.5 Å². The molecule has 1 N–H and O–H groups in total. The predicted octanol–water partition coefficient (Wildman–Crippen LogP) is 1.81. The highest BCUT2D eigenvalue weighted by atomic mass is 32.3. The minimum atomic E-state index is -4.12.